The number of rotatable bonds is 4. The van der Waals surface area contributed by atoms with E-state index in [1.54, 1.807) is 23.1 Å². The molecule has 0 N–H and O–H groups in total. The quantitative estimate of drug-likeness (QED) is 0.542. The molecule has 0 saturated carbocycles. The van der Waals surface area contributed by atoms with Crippen LogP contribution in [-0.2, 0) is 15.1 Å². The minimum atomic E-state index is -1.61. The van der Waals surface area contributed by atoms with Crippen LogP contribution in [-0.4, -0.2) is 42.5 Å². The van der Waals surface area contributed by atoms with Crippen LogP contribution in [0.2, 0.25) is 0 Å². The minimum Gasteiger partial charge on any atom is -0.450 e. The number of carbonyl (C=O) groups excluding carboxylic acids is 2. The normalized spacial score (nSPS) is 23.0. The minimum absolute atomic E-state index is 0.0626. The van der Waals surface area contributed by atoms with Crippen molar-refractivity contribution in [1.29, 1.82) is 0 Å². The van der Waals surface area contributed by atoms with Crippen LogP contribution in [0.4, 0.5) is 5.69 Å². The molecule has 6 rings (SSSR count). The van der Waals surface area contributed by atoms with Crippen LogP contribution >= 0.6 is 0 Å². The molecule has 3 aromatic rings. The maximum atomic E-state index is 14.3. The highest BCUT2D eigenvalue weighted by molar-refractivity contribution is 6.17. The first-order valence-electron chi connectivity index (χ1n) is 11.9. The highest BCUT2D eigenvalue weighted by Gasteiger charge is 2.65. The van der Waals surface area contributed by atoms with E-state index in [4.69, 9.17) is 9.15 Å². The molecule has 0 bridgehead atoms. The molecule has 0 unspecified atom stereocenters. The van der Waals surface area contributed by atoms with Crippen LogP contribution in [0.3, 0.4) is 0 Å². The lowest BCUT2D eigenvalue weighted by molar-refractivity contribution is -0.126. The third kappa shape index (κ3) is 2.79. The van der Waals surface area contributed by atoms with Gasteiger partial charge in [0.15, 0.2) is 11.0 Å². The summed E-state index contributed by atoms with van der Waals surface area (Å²) in [5.41, 5.74) is 1.65. The van der Waals surface area contributed by atoms with Crippen molar-refractivity contribution < 1.29 is 18.7 Å². The Morgan fingerprint density at radius 1 is 1.14 bits per heavy atom. The smallest absolute Gasteiger partial charge is 0.291 e. The van der Waals surface area contributed by atoms with Crippen molar-refractivity contribution in [2.75, 3.05) is 24.6 Å². The van der Waals surface area contributed by atoms with Gasteiger partial charge < -0.3 is 19.0 Å². The highest BCUT2D eigenvalue weighted by Crippen LogP contribution is 2.52. The first-order chi connectivity index (χ1) is 16.9. The molecule has 3 aliphatic heterocycles. The van der Waals surface area contributed by atoms with Crippen LogP contribution in [0.25, 0.3) is 11.0 Å². The van der Waals surface area contributed by atoms with E-state index in [1.165, 1.54) is 4.90 Å². The number of fused-ring (bicyclic) bond motifs is 5. The second-order valence-electron chi connectivity index (χ2n) is 9.55. The van der Waals surface area contributed by atoms with Crippen LogP contribution in [0.5, 0.6) is 0 Å². The van der Waals surface area contributed by atoms with Crippen molar-refractivity contribution in [2.24, 2.45) is 0 Å². The fourth-order valence-electron chi connectivity index (χ4n) is 5.80. The van der Waals surface area contributed by atoms with Crippen molar-refractivity contribution >= 4 is 28.5 Å². The third-order valence-electron chi connectivity index (χ3n) is 7.57. The molecular weight excluding hydrogens is 444 g/mol. The Kier molecular flexibility index (Phi) is 4.76. The fraction of sp³-hybridized carbons (Fsp3) is 0.321. The Hall–Kier alpha value is -3.71. The summed E-state index contributed by atoms with van der Waals surface area (Å²) >= 11 is 0. The topological polar surface area (TPSA) is 80.1 Å². The van der Waals surface area contributed by atoms with Crippen LogP contribution < -0.4 is 10.3 Å². The number of anilines is 1. The Balaban J connectivity index is 1.70. The molecule has 1 aromatic heterocycles. The van der Waals surface area contributed by atoms with Gasteiger partial charge in [-0.15, -0.1) is 6.58 Å². The number of hydrogen-bond donors (Lipinski definition) is 0. The molecule has 1 spiro atoms. The molecule has 2 amide bonds. The van der Waals surface area contributed by atoms with E-state index in [0.29, 0.717) is 28.8 Å². The molecule has 0 radical (unpaired) electrons. The number of ether oxygens (including phenoxy) is 1. The maximum absolute atomic E-state index is 14.3. The summed E-state index contributed by atoms with van der Waals surface area (Å²) in [5.74, 6) is -0.872. The number of carbonyl (C=O) groups is 2. The zero-order chi connectivity index (χ0) is 24.5. The van der Waals surface area contributed by atoms with E-state index in [2.05, 4.69) is 6.58 Å². The second kappa shape index (κ2) is 7.65. The van der Waals surface area contributed by atoms with Crippen molar-refractivity contribution in [3.8, 4) is 0 Å². The molecule has 7 nitrogen and oxygen atoms in total. The molecule has 0 aliphatic carbocycles. The first-order valence-corrected chi connectivity index (χ1v) is 11.9. The summed E-state index contributed by atoms with van der Waals surface area (Å²) in [6, 6.07) is 10.9. The average molecular weight is 471 g/mol. The van der Waals surface area contributed by atoms with Crippen molar-refractivity contribution in [3.63, 3.8) is 0 Å². The number of hydrogen-bond acceptors (Lipinski definition) is 5. The Morgan fingerprint density at radius 3 is 2.66 bits per heavy atom. The highest BCUT2D eigenvalue weighted by atomic mass is 16.5. The van der Waals surface area contributed by atoms with E-state index in [9.17, 15) is 14.4 Å². The Labute approximate surface area is 202 Å². The van der Waals surface area contributed by atoms with E-state index in [0.717, 1.165) is 24.0 Å². The van der Waals surface area contributed by atoms with E-state index in [1.807, 2.05) is 38.1 Å². The predicted octanol–water partition coefficient (Wildman–Crippen LogP) is 3.82. The number of amides is 2. The van der Waals surface area contributed by atoms with Gasteiger partial charge in [0.1, 0.15) is 5.58 Å². The van der Waals surface area contributed by atoms with Crippen molar-refractivity contribution in [2.45, 2.75) is 38.3 Å². The average Bonchev–Trinajstić information content (AvgIpc) is 3.51. The summed E-state index contributed by atoms with van der Waals surface area (Å²) in [7, 11) is 0. The van der Waals surface area contributed by atoms with E-state index >= 15 is 0 Å². The number of nitrogens with zero attached hydrogens (tertiary/aromatic N) is 2. The van der Waals surface area contributed by atoms with E-state index in [-0.39, 0.29) is 41.9 Å². The molecular formula is C28H26N2O5. The van der Waals surface area contributed by atoms with Crippen molar-refractivity contribution in [3.05, 3.63) is 87.3 Å². The molecule has 2 aromatic carbocycles. The standard InChI is InChI=1S/C28H26N2O5/c1-4-11-29-21-10-6-5-9-20(21)28(27(29)33)23-24(31)19-13-16(2)17(3)14-22(19)35-25(23)26(32)30(28)15-18-8-7-12-34-18/h4-6,9-10,13-14,18H,1,7-8,11-12,15H2,2-3H3/t18-,28+/m0/s1. The maximum Gasteiger partial charge on any atom is 0.291 e. The Morgan fingerprint density at radius 2 is 1.91 bits per heavy atom. The fourth-order valence-corrected chi connectivity index (χ4v) is 5.80. The van der Waals surface area contributed by atoms with Crippen molar-refractivity contribution in [1.82, 2.24) is 4.90 Å². The van der Waals surface area contributed by atoms with Gasteiger partial charge in [-0.05, 0) is 56.0 Å². The van der Waals surface area contributed by atoms with Gasteiger partial charge in [0.25, 0.3) is 11.8 Å². The van der Waals surface area contributed by atoms with Gasteiger partial charge >= 0.3 is 0 Å². The molecule has 1 saturated heterocycles. The summed E-state index contributed by atoms with van der Waals surface area (Å²) in [4.78, 5) is 45.5. The van der Waals surface area contributed by atoms with Gasteiger partial charge in [0, 0.05) is 25.3 Å². The summed E-state index contributed by atoms with van der Waals surface area (Å²) in [5, 5.41) is 0.366. The third-order valence-corrected chi connectivity index (χ3v) is 7.57. The number of para-hydroxylation sites is 1. The molecule has 1 fully saturated rings. The number of benzene rings is 2. The van der Waals surface area contributed by atoms with Gasteiger partial charge in [0.05, 0.1) is 22.7 Å². The van der Waals surface area contributed by atoms with Gasteiger partial charge in [0.2, 0.25) is 5.76 Å². The molecule has 7 heteroatoms. The lowest BCUT2D eigenvalue weighted by atomic mass is 9.83. The lowest BCUT2D eigenvalue weighted by Gasteiger charge is -2.35. The molecule has 178 valence electrons. The summed E-state index contributed by atoms with van der Waals surface area (Å²) in [6.45, 7) is 8.72. The molecule has 3 aliphatic rings. The second-order valence-corrected chi connectivity index (χ2v) is 9.55. The van der Waals surface area contributed by atoms with Gasteiger partial charge in [-0.2, -0.15) is 0 Å². The molecule has 2 atom stereocenters. The zero-order valence-electron chi connectivity index (χ0n) is 19.8. The van der Waals surface area contributed by atoms with Crippen LogP contribution in [0, 0.1) is 13.8 Å². The summed E-state index contributed by atoms with van der Waals surface area (Å²) in [6.07, 6.45) is 3.10. The Bertz CT molecular complexity index is 1480. The van der Waals surface area contributed by atoms with Gasteiger partial charge in [-0.1, -0.05) is 24.3 Å². The molecule has 4 heterocycles. The monoisotopic (exact) mass is 470 g/mol. The van der Waals surface area contributed by atoms with Crippen LogP contribution in [0.15, 0.2) is 58.3 Å². The SMILES string of the molecule is C=CCN1C(=O)[C@@]2(c3ccccc31)c1c(oc3cc(C)c(C)cc3c1=O)C(=O)N2C[C@@H]1CCCO1. The first kappa shape index (κ1) is 21.8. The lowest BCUT2D eigenvalue weighted by Crippen LogP contribution is -2.55. The van der Waals surface area contributed by atoms with Crippen LogP contribution in [0.1, 0.15) is 45.7 Å². The van der Waals surface area contributed by atoms with Gasteiger partial charge in [-0.25, -0.2) is 0 Å². The summed E-state index contributed by atoms with van der Waals surface area (Å²) < 4.78 is 12.0. The largest absolute Gasteiger partial charge is 0.450 e. The van der Waals surface area contributed by atoms with Gasteiger partial charge in [-0.3, -0.25) is 14.4 Å². The number of aryl methyl sites for hydroxylation is 2. The zero-order valence-corrected chi connectivity index (χ0v) is 19.8. The van der Waals surface area contributed by atoms with E-state index < -0.39 is 11.4 Å². The molecule has 35 heavy (non-hydrogen) atoms. The predicted molar refractivity (Wildman–Crippen MR) is 132 cm³/mol.